The summed E-state index contributed by atoms with van der Waals surface area (Å²) in [6, 6.07) is 11.9. The van der Waals surface area contributed by atoms with Crippen LogP contribution in [0.4, 0.5) is 10.1 Å². The number of para-hydroxylation sites is 1. The van der Waals surface area contributed by atoms with Gasteiger partial charge in [0, 0.05) is 5.69 Å². The summed E-state index contributed by atoms with van der Waals surface area (Å²) in [6.07, 6.45) is -0.622. The van der Waals surface area contributed by atoms with Crippen LogP contribution in [-0.4, -0.2) is 21.9 Å². The molecule has 3 aromatic rings. The van der Waals surface area contributed by atoms with Crippen molar-refractivity contribution in [2.75, 3.05) is 11.1 Å². The molecular weight excluding hydrogens is 381 g/mol. The molecule has 0 saturated heterocycles. The number of ether oxygens (including phenoxy) is 1. The first-order valence-corrected chi connectivity index (χ1v) is 9.65. The van der Waals surface area contributed by atoms with Gasteiger partial charge in [-0.2, -0.15) is 0 Å². The van der Waals surface area contributed by atoms with Crippen LogP contribution in [0.15, 0.2) is 52.1 Å². The Morgan fingerprint density at radius 3 is 2.79 bits per heavy atom. The third kappa shape index (κ3) is 5.10. The molecule has 0 aliphatic heterocycles. The molecule has 0 radical (unpaired) electrons. The van der Waals surface area contributed by atoms with E-state index in [-0.39, 0.29) is 28.5 Å². The van der Waals surface area contributed by atoms with Gasteiger partial charge in [-0.1, -0.05) is 41.6 Å². The molecule has 0 fully saturated rings. The highest BCUT2D eigenvalue weighted by molar-refractivity contribution is 7.99. The van der Waals surface area contributed by atoms with Gasteiger partial charge in [-0.05, 0) is 44.5 Å². The average Bonchev–Trinajstić information content (AvgIpc) is 3.13. The monoisotopic (exact) mass is 401 g/mol. The number of anilines is 1. The molecule has 0 unspecified atom stereocenters. The number of amides is 1. The Hall–Kier alpha value is -2.87. The first kappa shape index (κ1) is 19.9. The van der Waals surface area contributed by atoms with Crippen molar-refractivity contribution in [1.29, 1.82) is 0 Å². The number of thioether (sulfide) groups is 1. The maximum Gasteiger partial charge on any atom is 0.277 e. The summed E-state index contributed by atoms with van der Waals surface area (Å²) in [4.78, 5) is 12.2. The number of nitrogens with one attached hydrogen (secondary N) is 1. The van der Waals surface area contributed by atoms with Crippen LogP contribution in [0.3, 0.4) is 0 Å². The Kier molecular flexibility index (Phi) is 6.30. The summed E-state index contributed by atoms with van der Waals surface area (Å²) in [5, 5.41) is 10.9. The van der Waals surface area contributed by atoms with Crippen molar-refractivity contribution in [1.82, 2.24) is 10.2 Å². The van der Waals surface area contributed by atoms with Crippen LogP contribution in [-0.2, 0) is 4.79 Å². The predicted molar refractivity (Wildman–Crippen MR) is 105 cm³/mol. The van der Waals surface area contributed by atoms with E-state index in [1.54, 1.807) is 19.1 Å². The molecule has 28 heavy (non-hydrogen) atoms. The third-order valence-corrected chi connectivity index (χ3v) is 4.71. The average molecular weight is 401 g/mol. The van der Waals surface area contributed by atoms with Gasteiger partial charge in [0.25, 0.3) is 11.1 Å². The van der Waals surface area contributed by atoms with Gasteiger partial charge in [0.15, 0.2) is 17.7 Å². The second kappa shape index (κ2) is 8.88. The van der Waals surface area contributed by atoms with Crippen LogP contribution in [0, 0.1) is 19.7 Å². The van der Waals surface area contributed by atoms with Gasteiger partial charge in [0.2, 0.25) is 5.91 Å². The summed E-state index contributed by atoms with van der Waals surface area (Å²) in [5.74, 6) is -0.202. The Morgan fingerprint density at radius 2 is 2.04 bits per heavy atom. The molecule has 0 bridgehead atoms. The molecule has 0 saturated carbocycles. The highest BCUT2D eigenvalue weighted by atomic mass is 32.2. The van der Waals surface area contributed by atoms with Crippen molar-refractivity contribution in [3.8, 4) is 5.75 Å². The Bertz CT molecular complexity index is 977. The number of halogens is 1. The van der Waals surface area contributed by atoms with Crippen LogP contribution in [0.5, 0.6) is 5.75 Å². The number of hydrogen-bond acceptors (Lipinski definition) is 6. The predicted octanol–water partition coefficient (Wildman–Crippen LogP) is 4.70. The number of carbonyl (C=O) groups is 1. The zero-order valence-corrected chi connectivity index (χ0v) is 16.5. The molecule has 1 N–H and O–H groups in total. The fraction of sp³-hybridized carbons (Fsp3) is 0.250. The molecular formula is C20H20FN3O3S. The Morgan fingerprint density at radius 1 is 1.25 bits per heavy atom. The lowest BCUT2D eigenvalue weighted by atomic mass is 10.1. The second-order valence-electron chi connectivity index (χ2n) is 6.25. The largest absolute Gasteiger partial charge is 0.478 e. The molecule has 1 atom stereocenters. The van der Waals surface area contributed by atoms with Crippen LogP contribution in [0.1, 0.15) is 30.0 Å². The van der Waals surface area contributed by atoms with E-state index in [0.717, 1.165) is 28.6 Å². The smallest absolute Gasteiger partial charge is 0.277 e. The van der Waals surface area contributed by atoms with Crippen LogP contribution >= 0.6 is 11.8 Å². The summed E-state index contributed by atoms with van der Waals surface area (Å²) >= 11 is 1.12. The number of hydrogen-bond donors (Lipinski definition) is 1. The molecule has 1 amide bonds. The van der Waals surface area contributed by atoms with E-state index >= 15 is 0 Å². The van der Waals surface area contributed by atoms with E-state index < -0.39 is 11.9 Å². The first-order chi connectivity index (χ1) is 13.4. The van der Waals surface area contributed by atoms with Crippen LogP contribution in [0.2, 0.25) is 0 Å². The molecule has 0 aliphatic carbocycles. The first-order valence-electron chi connectivity index (χ1n) is 8.67. The highest BCUT2D eigenvalue weighted by Crippen LogP contribution is 2.26. The zero-order valence-electron chi connectivity index (χ0n) is 15.7. The fourth-order valence-electron chi connectivity index (χ4n) is 2.49. The highest BCUT2D eigenvalue weighted by Gasteiger charge is 2.18. The SMILES string of the molecule is Cc1ccc(NC(=O)CSc2nnc([C@@H](C)Oc3ccccc3F)o2)c(C)c1. The molecule has 2 aromatic carbocycles. The number of aromatic nitrogens is 2. The number of nitrogens with zero attached hydrogens (tertiary/aromatic N) is 2. The Labute approximate surface area is 166 Å². The molecule has 3 rings (SSSR count). The van der Waals surface area contributed by atoms with E-state index in [0.29, 0.717) is 0 Å². The molecule has 1 heterocycles. The summed E-state index contributed by atoms with van der Waals surface area (Å²) in [6.45, 7) is 5.62. The fourth-order valence-corrected chi connectivity index (χ4v) is 3.06. The minimum Gasteiger partial charge on any atom is -0.478 e. The maximum absolute atomic E-state index is 13.7. The van der Waals surface area contributed by atoms with Gasteiger partial charge < -0.3 is 14.5 Å². The van der Waals surface area contributed by atoms with Gasteiger partial charge >= 0.3 is 0 Å². The van der Waals surface area contributed by atoms with Gasteiger partial charge in [-0.3, -0.25) is 4.79 Å². The minimum atomic E-state index is -0.622. The lowest BCUT2D eigenvalue weighted by molar-refractivity contribution is -0.113. The lowest BCUT2D eigenvalue weighted by Gasteiger charge is -2.11. The summed E-state index contributed by atoms with van der Waals surface area (Å²) in [7, 11) is 0. The van der Waals surface area contributed by atoms with E-state index in [4.69, 9.17) is 9.15 Å². The van der Waals surface area contributed by atoms with Gasteiger partial charge in [-0.25, -0.2) is 4.39 Å². The number of rotatable bonds is 7. The quantitative estimate of drug-likeness (QED) is 0.579. The van der Waals surface area contributed by atoms with Crippen molar-refractivity contribution in [3.05, 3.63) is 65.3 Å². The molecule has 0 aliphatic rings. The van der Waals surface area contributed by atoms with Gasteiger partial charge in [0.05, 0.1) is 5.75 Å². The van der Waals surface area contributed by atoms with Gasteiger partial charge in [-0.15, -0.1) is 10.2 Å². The van der Waals surface area contributed by atoms with Crippen molar-refractivity contribution >= 4 is 23.4 Å². The van der Waals surface area contributed by atoms with E-state index in [1.165, 1.54) is 12.1 Å². The van der Waals surface area contributed by atoms with Crippen molar-refractivity contribution in [3.63, 3.8) is 0 Å². The van der Waals surface area contributed by atoms with Crippen molar-refractivity contribution < 1.29 is 18.3 Å². The van der Waals surface area contributed by atoms with E-state index in [9.17, 15) is 9.18 Å². The normalized spacial score (nSPS) is 11.9. The van der Waals surface area contributed by atoms with Crippen LogP contribution in [0.25, 0.3) is 0 Å². The zero-order chi connectivity index (χ0) is 20.1. The number of benzene rings is 2. The van der Waals surface area contributed by atoms with E-state index in [2.05, 4.69) is 15.5 Å². The summed E-state index contributed by atoms with van der Waals surface area (Å²) < 4.78 is 24.7. The third-order valence-electron chi connectivity index (χ3n) is 3.89. The standard InChI is InChI=1S/C20H20FN3O3S/c1-12-8-9-16(13(2)10-12)22-18(25)11-28-20-24-23-19(27-20)14(3)26-17-7-5-4-6-15(17)21/h4-10,14H,11H2,1-3H3,(H,22,25)/t14-/m1/s1. The van der Waals surface area contributed by atoms with Crippen molar-refractivity contribution in [2.24, 2.45) is 0 Å². The van der Waals surface area contributed by atoms with Gasteiger partial charge in [0.1, 0.15) is 0 Å². The molecule has 6 nitrogen and oxygen atoms in total. The maximum atomic E-state index is 13.7. The topological polar surface area (TPSA) is 77.2 Å². The van der Waals surface area contributed by atoms with Crippen molar-refractivity contribution in [2.45, 2.75) is 32.1 Å². The summed E-state index contributed by atoms with van der Waals surface area (Å²) in [5.41, 5.74) is 2.90. The Balaban J connectivity index is 1.54. The number of carbonyl (C=O) groups excluding carboxylic acids is 1. The lowest BCUT2D eigenvalue weighted by Crippen LogP contribution is -2.14. The number of aryl methyl sites for hydroxylation is 2. The molecule has 1 aromatic heterocycles. The van der Waals surface area contributed by atoms with Crippen LogP contribution < -0.4 is 10.1 Å². The second-order valence-corrected chi connectivity index (χ2v) is 7.18. The molecule has 0 spiro atoms. The van der Waals surface area contributed by atoms with E-state index in [1.807, 2.05) is 32.0 Å². The minimum absolute atomic E-state index is 0.107. The molecule has 146 valence electrons. The molecule has 8 heteroatoms.